The van der Waals surface area contributed by atoms with Crippen LogP contribution in [0.4, 0.5) is 11.4 Å². The number of carbonyl (C=O) groups excluding carboxylic acids is 2. The Hall–Kier alpha value is -3.52. The number of hydrogen-bond donors (Lipinski definition) is 0. The molecule has 2 amide bonds. The molecule has 1 aliphatic heterocycles. The van der Waals surface area contributed by atoms with E-state index in [1.54, 1.807) is 31.2 Å². The van der Waals surface area contributed by atoms with Crippen molar-refractivity contribution in [3.8, 4) is 11.5 Å². The molecule has 0 saturated carbocycles. The van der Waals surface area contributed by atoms with Gasteiger partial charge < -0.3 is 4.74 Å². The Morgan fingerprint density at radius 3 is 2.21 bits per heavy atom. The first-order chi connectivity index (χ1) is 13.8. The standard InChI is InChI=1S/C21H13BrN2O5/c1-12-10-14(24(27)28)4-9-19(12)23-20(25)17-8-7-16(11-18(17)21(23)26)29-15-5-2-13(22)3-6-15/h2-11H,1H3. The number of non-ortho nitro benzene ring substituents is 1. The second-order valence-electron chi connectivity index (χ2n) is 6.44. The van der Waals surface area contributed by atoms with E-state index in [2.05, 4.69) is 15.9 Å². The van der Waals surface area contributed by atoms with Gasteiger partial charge in [0.15, 0.2) is 0 Å². The third-order valence-electron chi connectivity index (χ3n) is 4.54. The molecule has 7 nitrogen and oxygen atoms in total. The third kappa shape index (κ3) is 3.38. The lowest BCUT2D eigenvalue weighted by Gasteiger charge is -2.16. The fraction of sp³-hybridized carbons (Fsp3) is 0.0476. The van der Waals surface area contributed by atoms with E-state index in [4.69, 9.17) is 4.74 Å². The Bertz CT molecular complexity index is 1170. The molecule has 0 aliphatic carbocycles. The highest BCUT2D eigenvalue weighted by atomic mass is 79.9. The number of aryl methyl sites for hydroxylation is 1. The number of hydrogen-bond acceptors (Lipinski definition) is 5. The largest absolute Gasteiger partial charge is 0.457 e. The predicted octanol–water partition coefficient (Wildman–Crippen LogP) is 5.26. The van der Waals surface area contributed by atoms with Crippen LogP contribution in [0.2, 0.25) is 0 Å². The summed E-state index contributed by atoms with van der Waals surface area (Å²) in [5.74, 6) is 0.0443. The number of imide groups is 1. The summed E-state index contributed by atoms with van der Waals surface area (Å²) in [6.07, 6.45) is 0. The summed E-state index contributed by atoms with van der Waals surface area (Å²) in [6, 6.07) is 15.9. The molecule has 4 rings (SSSR count). The van der Waals surface area contributed by atoms with Gasteiger partial charge in [0, 0.05) is 16.6 Å². The van der Waals surface area contributed by atoms with Crippen molar-refractivity contribution in [1.29, 1.82) is 0 Å². The summed E-state index contributed by atoms with van der Waals surface area (Å²) < 4.78 is 6.68. The number of anilines is 1. The molecule has 0 saturated heterocycles. The van der Waals surface area contributed by atoms with E-state index < -0.39 is 16.7 Å². The Labute approximate surface area is 173 Å². The van der Waals surface area contributed by atoms with E-state index in [-0.39, 0.29) is 16.8 Å². The maximum Gasteiger partial charge on any atom is 0.269 e. The van der Waals surface area contributed by atoms with Crippen LogP contribution >= 0.6 is 15.9 Å². The lowest BCUT2D eigenvalue weighted by Crippen LogP contribution is -2.30. The highest BCUT2D eigenvalue weighted by molar-refractivity contribution is 9.10. The van der Waals surface area contributed by atoms with Gasteiger partial charge in [0.2, 0.25) is 0 Å². The number of fused-ring (bicyclic) bond motifs is 1. The SMILES string of the molecule is Cc1cc([N+](=O)[O-])ccc1N1C(=O)c2ccc(Oc3ccc(Br)cc3)cc2C1=O. The summed E-state index contributed by atoms with van der Waals surface area (Å²) in [5.41, 5.74) is 1.16. The number of nitrogens with zero attached hydrogens (tertiary/aromatic N) is 2. The monoisotopic (exact) mass is 452 g/mol. The first-order valence-corrected chi connectivity index (χ1v) is 9.36. The molecule has 29 heavy (non-hydrogen) atoms. The van der Waals surface area contributed by atoms with E-state index in [1.807, 2.05) is 12.1 Å². The Kier molecular flexibility index (Phi) is 4.63. The number of rotatable bonds is 4. The van der Waals surface area contributed by atoms with Gasteiger partial charge in [-0.15, -0.1) is 0 Å². The molecule has 0 N–H and O–H groups in total. The van der Waals surface area contributed by atoms with Crippen LogP contribution in [0.3, 0.4) is 0 Å². The molecule has 144 valence electrons. The summed E-state index contributed by atoms with van der Waals surface area (Å²) in [4.78, 5) is 37.2. The Morgan fingerprint density at radius 2 is 1.55 bits per heavy atom. The van der Waals surface area contributed by atoms with Crippen molar-refractivity contribution < 1.29 is 19.2 Å². The van der Waals surface area contributed by atoms with Gasteiger partial charge in [0.1, 0.15) is 11.5 Å². The van der Waals surface area contributed by atoms with Crippen molar-refractivity contribution in [2.45, 2.75) is 6.92 Å². The van der Waals surface area contributed by atoms with Crippen LogP contribution in [-0.2, 0) is 0 Å². The van der Waals surface area contributed by atoms with Gasteiger partial charge in [0.25, 0.3) is 17.5 Å². The molecule has 1 heterocycles. The second-order valence-corrected chi connectivity index (χ2v) is 7.35. The molecule has 3 aromatic carbocycles. The van der Waals surface area contributed by atoms with Crippen molar-refractivity contribution >= 4 is 39.1 Å². The van der Waals surface area contributed by atoms with Gasteiger partial charge >= 0.3 is 0 Å². The number of ether oxygens (including phenoxy) is 1. The zero-order chi connectivity index (χ0) is 20.7. The maximum atomic E-state index is 12.9. The van der Waals surface area contributed by atoms with Gasteiger partial charge in [-0.25, -0.2) is 4.90 Å². The molecule has 1 aliphatic rings. The lowest BCUT2D eigenvalue weighted by atomic mass is 10.1. The van der Waals surface area contributed by atoms with Crippen molar-refractivity contribution in [2.24, 2.45) is 0 Å². The Morgan fingerprint density at radius 1 is 0.897 bits per heavy atom. The zero-order valence-corrected chi connectivity index (χ0v) is 16.7. The fourth-order valence-corrected chi connectivity index (χ4v) is 3.41. The number of amides is 2. The maximum absolute atomic E-state index is 12.9. The van der Waals surface area contributed by atoms with Gasteiger partial charge in [-0.1, -0.05) is 15.9 Å². The van der Waals surface area contributed by atoms with Crippen molar-refractivity contribution in [2.75, 3.05) is 4.90 Å². The number of carbonyl (C=O) groups is 2. The minimum absolute atomic E-state index is 0.104. The molecule has 0 aromatic heterocycles. The quantitative estimate of drug-likeness (QED) is 0.306. The molecule has 0 radical (unpaired) electrons. The molecule has 0 atom stereocenters. The van der Waals surface area contributed by atoms with E-state index in [0.29, 0.717) is 22.7 Å². The number of nitro groups is 1. The van der Waals surface area contributed by atoms with Crippen LogP contribution in [0.15, 0.2) is 65.1 Å². The van der Waals surface area contributed by atoms with Gasteiger partial charge in [-0.2, -0.15) is 0 Å². The molecular weight excluding hydrogens is 440 g/mol. The number of nitro benzene ring substituents is 1. The second kappa shape index (κ2) is 7.14. The molecule has 3 aromatic rings. The van der Waals surface area contributed by atoms with E-state index in [9.17, 15) is 19.7 Å². The minimum Gasteiger partial charge on any atom is -0.457 e. The summed E-state index contributed by atoms with van der Waals surface area (Å²) in [7, 11) is 0. The van der Waals surface area contributed by atoms with Crippen LogP contribution in [0, 0.1) is 17.0 Å². The van der Waals surface area contributed by atoms with E-state index in [0.717, 1.165) is 9.37 Å². The van der Waals surface area contributed by atoms with E-state index in [1.165, 1.54) is 24.3 Å². The summed E-state index contributed by atoms with van der Waals surface area (Å²) >= 11 is 3.35. The Balaban J connectivity index is 1.66. The average Bonchev–Trinajstić information content (AvgIpc) is 2.94. The van der Waals surface area contributed by atoms with E-state index >= 15 is 0 Å². The van der Waals surface area contributed by atoms with Crippen LogP contribution in [0.25, 0.3) is 0 Å². The lowest BCUT2D eigenvalue weighted by molar-refractivity contribution is -0.384. The van der Waals surface area contributed by atoms with Crippen LogP contribution < -0.4 is 9.64 Å². The number of halogens is 1. The smallest absolute Gasteiger partial charge is 0.269 e. The molecule has 0 bridgehead atoms. The van der Waals surface area contributed by atoms with Crippen LogP contribution in [0.1, 0.15) is 26.3 Å². The molecular formula is C21H13BrN2O5. The topological polar surface area (TPSA) is 89.8 Å². The highest BCUT2D eigenvalue weighted by Crippen LogP contribution is 2.34. The minimum atomic E-state index is -0.523. The van der Waals surface area contributed by atoms with Crippen LogP contribution in [0.5, 0.6) is 11.5 Å². The molecule has 0 fully saturated rings. The van der Waals surface area contributed by atoms with Gasteiger partial charge in [-0.05, 0) is 61.0 Å². The van der Waals surface area contributed by atoms with Crippen LogP contribution in [-0.4, -0.2) is 16.7 Å². The highest BCUT2D eigenvalue weighted by Gasteiger charge is 2.38. The first kappa shape index (κ1) is 18.8. The molecule has 8 heteroatoms. The summed E-state index contributed by atoms with van der Waals surface area (Å²) in [5, 5.41) is 10.9. The predicted molar refractivity (Wildman–Crippen MR) is 110 cm³/mol. The van der Waals surface area contributed by atoms with Crippen molar-refractivity contribution in [3.63, 3.8) is 0 Å². The molecule has 0 unspecified atom stereocenters. The van der Waals surface area contributed by atoms with Gasteiger partial charge in [0.05, 0.1) is 21.7 Å². The van der Waals surface area contributed by atoms with Gasteiger partial charge in [-0.3, -0.25) is 19.7 Å². The zero-order valence-electron chi connectivity index (χ0n) is 15.1. The average molecular weight is 453 g/mol. The third-order valence-corrected chi connectivity index (χ3v) is 5.07. The normalized spacial score (nSPS) is 12.8. The number of benzene rings is 3. The van der Waals surface area contributed by atoms with Crippen molar-refractivity contribution in [1.82, 2.24) is 0 Å². The first-order valence-electron chi connectivity index (χ1n) is 8.56. The fourth-order valence-electron chi connectivity index (χ4n) is 3.15. The molecule has 0 spiro atoms. The summed E-state index contributed by atoms with van der Waals surface area (Å²) in [6.45, 7) is 1.62. The van der Waals surface area contributed by atoms with Crippen molar-refractivity contribution in [3.05, 3.63) is 91.9 Å².